The number of nitrogens with one attached hydrogen (secondary N) is 1. The zero-order chi connectivity index (χ0) is 12.1. The molecule has 0 saturated heterocycles. The van der Waals surface area contributed by atoms with E-state index in [1.807, 2.05) is 18.2 Å². The Morgan fingerprint density at radius 1 is 1.18 bits per heavy atom. The average Bonchev–Trinajstić information content (AvgIpc) is 2.38. The highest BCUT2D eigenvalue weighted by Crippen LogP contribution is 2.16. The lowest BCUT2D eigenvalue weighted by molar-refractivity contribution is 0.559. The number of hydrogen-bond donors (Lipinski definition) is 1. The van der Waals surface area contributed by atoms with Crippen LogP contribution in [0.1, 0.15) is 24.4 Å². The Hall–Kier alpha value is -1.26. The molecule has 88 valence electrons. The Morgan fingerprint density at radius 2 is 1.82 bits per heavy atom. The molecule has 0 bridgehead atoms. The third kappa shape index (κ3) is 3.61. The Bertz CT molecular complexity index is 456. The van der Waals surface area contributed by atoms with Gasteiger partial charge in [-0.1, -0.05) is 28.1 Å². The van der Waals surface area contributed by atoms with Crippen LogP contribution in [0.25, 0.3) is 0 Å². The predicted molar refractivity (Wildman–Crippen MR) is 71.4 cm³/mol. The normalized spacial score (nSPS) is 12.4. The molecule has 0 saturated carbocycles. The minimum atomic E-state index is 0.284. The van der Waals surface area contributed by atoms with Crippen LogP contribution >= 0.6 is 15.9 Å². The Labute approximate surface area is 109 Å². The molecule has 1 unspecified atom stereocenters. The van der Waals surface area contributed by atoms with E-state index in [-0.39, 0.29) is 6.04 Å². The summed E-state index contributed by atoms with van der Waals surface area (Å²) in [7, 11) is 0. The van der Waals surface area contributed by atoms with Gasteiger partial charge in [-0.25, -0.2) is 9.97 Å². The van der Waals surface area contributed by atoms with Gasteiger partial charge in [0.25, 0.3) is 0 Å². The first kappa shape index (κ1) is 12.2. The number of halogens is 1. The van der Waals surface area contributed by atoms with Crippen LogP contribution in [-0.2, 0) is 6.54 Å². The zero-order valence-electron chi connectivity index (χ0n) is 9.60. The first-order chi connectivity index (χ1) is 8.25. The van der Waals surface area contributed by atoms with Gasteiger partial charge in [0, 0.05) is 22.9 Å². The third-order valence-electron chi connectivity index (χ3n) is 2.56. The van der Waals surface area contributed by atoms with Gasteiger partial charge in [-0.15, -0.1) is 0 Å². The average molecular weight is 292 g/mol. The minimum absolute atomic E-state index is 0.284. The molecule has 0 spiro atoms. The van der Waals surface area contributed by atoms with Gasteiger partial charge in [0.2, 0.25) is 0 Å². The molecule has 0 aliphatic heterocycles. The summed E-state index contributed by atoms with van der Waals surface area (Å²) in [6.45, 7) is 2.81. The molecule has 17 heavy (non-hydrogen) atoms. The van der Waals surface area contributed by atoms with Crippen LogP contribution in [0.4, 0.5) is 0 Å². The third-order valence-corrected chi connectivity index (χ3v) is 3.08. The van der Waals surface area contributed by atoms with E-state index in [0.29, 0.717) is 6.54 Å². The van der Waals surface area contributed by atoms with E-state index in [0.717, 1.165) is 10.3 Å². The first-order valence-corrected chi connectivity index (χ1v) is 6.30. The number of hydrogen-bond acceptors (Lipinski definition) is 3. The summed E-state index contributed by atoms with van der Waals surface area (Å²) < 4.78 is 1.10. The van der Waals surface area contributed by atoms with E-state index in [9.17, 15) is 0 Å². The second-order valence-electron chi connectivity index (χ2n) is 3.82. The Balaban J connectivity index is 1.93. The highest BCUT2D eigenvalue weighted by molar-refractivity contribution is 9.10. The fourth-order valence-corrected chi connectivity index (χ4v) is 1.80. The van der Waals surface area contributed by atoms with Crippen molar-refractivity contribution >= 4 is 15.9 Å². The molecule has 1 N–H and O–H groups in total. The zero-order valence-corrected chi connectivity index (χ0v) is 11.2. The maximum Gasteiger partial charge on any atom is 0.141 e. The lowest BCUT2D eigenvalue weighted by Gasteiger charge is -2.13. The molecule has 0 radical (unpaired) electrons. The lowest BCUT2D eigenvalue weighted by atomic mass is 10.1. The van der Waals surface area contributed by atoms with Crippen molar-refractivity contribution in [2.75, 3.05) is 0 Å². The summed E-state index contributed by atoms with van der Waals surface area (Å²) in [5.41, 5.74) is 1.25. The maximum absolute atomic E-state index is 4.18. The molecule has 0 aliphatic rings. The van der Waals surface area contributed by atoms with Crippen molar-refractivity contribution in [2.24, 2.45) is 0 Å². The highest BCUT2D eigenvalue weighted by Gasteiger charge is 2.05. The van der Waals surface area contributed by atoms with Crippen molar-refractivity contribution in [2.45, 2.75) is 19.5 Å². The molecule has 3 nitrogen and oxygen atoms in total. The van der Waals surface area contributed by atoms with Gasteiger partial charge in [0.15, 0.2) is 0 Å². The summed E-state index contributed by atoms with van der Waals surface area (Å²) in [6.07, 6.45) is 3.52. The van der Waals surface area contributed by atoms with Crippen molar-refractivity contribution in [1.82, 2.24) is 15.3 Å². The highest BCUT2D eigenvalue weighted by atomic mass is 79.9. The van der Waals surface area contributed by atoms with Crippen LogP contribution in [0.5, 0.6) is 0 Å². The molecule has 0 amide bonds. The van der Waals surface area contributed by atoms with Crippen LogP contribution in [0.15, 0.2) is 47.2 Å². The van der Waals surface area contributed by atoms with Crippen molar-refractivity contribution in [3.05, 3.63) is 58.6 Å². The topological polar surface area (TPSA) is 37.8 Å². The second-order valence-corrected chi connectivity index (χ2v) is 4.73. The van der Waals surface area contributed by atoms with Crippen LogP contribution in [0.3, 0.4) is 0 Å². The predicted octanol–water partition coefficient (Wildman–Crippen LogP) is 3.09. The van der Waals surface area contributed by atoms with E-state index in [1.54, 1.807) is 12.4 Å². The van der Waals surface area contributed by atoms with Crippen LogP contribution in [0, 0.1) is 0 Å². The molecular formula is C13H14BrN3. The fraction of sp³-hybridized carbons (Fsp3) is 0.231. The van der Waals surface area contributed by atoms with E-state index in [4.69, 9.17) is 0 Å². The van der Waals surface area contributed by atoms with Gasteiger partial charge >= 0.3 is 0 Å². The van der Waals surface area contributed by atoms with E-state index in [2.05, 4.69) is 50.3 Å². The van der Waals surface area contributed by atoms with Gasteiger partial charge in [-0.05, 0) is 30.7 Å². The lowest BCUT2D eigenvalue weighted by Crippen LogP contribution is -2.19. The van der Waals surface area contributed by atoms with Crippen LogP contribution in [-0.4, -0.2) is 9.97 Å². The van der Waals surface area contributed by atoms with Crippen molar-refractivity contribution in [1.29, 1.82) is 0 Å². The Morgan fingerprint density at radius 3 is 2.47 bits per heavy atom. The first-order valence-electron chi connectivity index (χ1n) is 5.50. The number of aromatic nitrogens is 2. The quantitative estimate of drug-likeness (QED) is 0.941. The molecule has 1 atom stereocenters. The molecule has 0 fully saturated rings. The Kier molecular flexibility index (Phi) is 4.23. The van der Waals surface area contributed by atoms with Gasteiger partial charge in [-0.3, -0.25) is 0 Å². The smallest absolute Gasteiger partial charge is 0.141 e. The standard InChI is InChI=1S/C13H14BrN3/c1-10(11-3-5-12(14)6-4-11)17-9-13-15-7-2-8-16-13/h2-8,10,17H,9H2,1H3. The fourth-order valence-electron chi connectivity index (χ4n) is 1.53. The van der Waals surface area contributed by atoms with Crippen molar-refractivity contribution < 1.29 is 0 Å². The summed E-state index contributed by atoms with van der Waals surface area (Å²) in [6, 6.07) is 10.4. The van der Waals surface area contributed by atoms with Crippen LogP contribution < -0.4 is 5.32 Å². The molecule has 2 aromatic rings. The summed E-state index contributed by atoms with van der Waals surface area (Å²) in [5, 5.41) is 3.39. The largest absolute Gasteiger partial charge is 0.303 e. The summed E-state index contributed by atoms with van der Waals surface area (Å²) in [5.74, 6) is 0.816. The molecule has 1 aromatic carbocycles. The van der Waals surface area contributed by atoms with Gasteiger partial charge in [0.1, 0.15) is 5.82 Å². The second kappa shape index (κ2) is 5.89. The molecule has 1 aromatic heterocycles. The minimum Gasteiger partial charge on any atom is -0.303 e. The van der Waals surface area contributed by atoms with Crippen molar-refractivity contribution in [3.8, 4) is 0 Å². The van der Waals surface area contributed by atoms with E-state index >= 15 is 0 Å². The van der Waals surface area contributed by atoms with Crippen molar-refractivity contribution in [3.63, 3.8) is 0 Å². The van der Waals surface area contributed by atoms with Crippen LogP contribution in [0.2, 0.25) is 0 Å². The molecule has 0 aliphatic carbocycles. The number of benzene rings is 1. The molecule has 2 rings (SSSR count). The molecule has 4 heteroatoms. The SMILES string of the molecule is CC(NCc1ncccn1)c1ccc(Br)cc1. The van der Waals surface area contributed by atoms with E-state index in [1.165, 1.54) is 5.56 Å². The van der Waals surface area contributed by atoms with Gasteiger partial charge in [0.05, 0.1) is 6.54 Å². The number of nitrogens with zero attached hydrogens (tertiary/aromatic N) is 2. The molecule has 1 heterocycles. The van der Waals surface area contributed by atoms with Gasteiger partial charge in [-0.2, -0.15) is 0 Å². The summed E-state index contributed by atoms with van der Waals surface area (Å²) in [4.78, 5) is 8.35. The van der Waals surface area contributed by atoms with Gasteiger partial charge < -0.3 is 5.32 Å². The maximum atomic E-state index is 4.18. The monoisotopic (exact) mass is 291 g/mol. The summed E-state index contributed by atoms with van der Waals surface area (Å²) >= 11 is 3.43. The number of rotatable bonds is 4. The molecular weight excluding hydrogens is 278 g/mol. The van der Waals surface area contributed by atoms with E-state index < -0.39 is 0 Å².